The molecule has 8 heteroatoms. The van der Waals surface area contributed by atoms with Crippen molar-refractivity contribution in [2.24, 2.45) is 11.8 Å². The number of methoxy groups -OCH3 is 1. The molecule has 3 rings (SSSR count). The molecule has 0 saturated heterocycles. The standard InChI is InChI=1S/C43H72O5Si3/c1-11-49(12-2,13-3)47-40-34-41(48-50(14-4,15-5)16-6)39(38(40)32-26-18-17-19-27-33-42(44)45-10)35-46-51(43(7,8)9,36-28-22-20-23-29-36)37-30-24-21-25-31-37/h18,20-26,28-31,38-41H,11-17,19,27,32-35H2,1-10H3/b26-18-/t38-,39+,40-,41+/m1/s1. The minimum absolute atomic E-state index is 0.0936. The van der Waals surface area contributed by atoms with Crippen molar-refractivity contribution in [2.75, 3.05) is 13.7 Å². The van der Waals surface area contributed by atoms with Crippen LogP contribution in [0.25, 0.3) is 0 Å². The SMILES string of the molecule is CC[Si](CC)(CC)O[C@H]1C[C@@H](O[Si](CC)(CC)CC)[C@H](C/C=C\CCCCC(=O)OC)[C@@H]1CO[Si](c1ccccc1)(c1ccccc1)C(C)(C)C. The second-order valence-corrected chi connectivity index (χ2v) is 29.6. The normalized spacial score (nSPS) is 20.3. The van der Waals surface area contributed by atoms with Gasteiger partial charge in [0.15, 0.2) is 16.6 Å². The summed E-state index contributed by atoms with van der Waals surface area (Å²) in [4.78, 5) is 11.6. The fourth-order valence-electron chi connectivity index (χ4n) is 8.59. The van der Waals surface area contributed by atoms with Gasteiger partial charge in [-0.25, -0.2) is 0 Å². The summed E-state index contributed by atoms with van der Waals surface area (Å²) in [6.45, 7) is 21.9. The number of rotatable bonds is 22. The van der Waals surface area contributed by atoms with E-state index in [1.165, 1.54) is 17.5 Å². The lowest BCUT2D eigenvalue weighted by atomic mass is 9.91. The van der Waals surface area contributed by atoms with Gasteiger partial charge in [0.05, 0.1) is 19.3 Å². The molecule has 1 aliphatic rings. The van der Waals surface area contributed by atoms with E-state index < -0.39 is 25.0 Å². The number of esters is 1. The molecular formula is C43H72O5Si3. The number of carbonyl (C=O) groups is 1. The summed E-state index contributed by atoms with van der Waals surface area (Å²) in [6, 6.07) is 29.0. The van der Waals surface area contributed by atoms with Crippen molar-refractivity contribution in [1.82, 2.24) is 0 Å². The van der Waals surface area contributed by atoms with Gasteiger partial charge in [0.1, 0.15) is 0 Å². The van der Waals surface area contributed by atoms with Gasteiger partial charge in [-0.2, -0.15) is 0 Å². The zero-order chi connectivity index (χ0) is 37.5. The summed E-state index contributed by atoms with van der Waals surface area (Å²) in [7, 11) is -5.08. The third-order valence-electron chi connectivity index (χ3n) is 12.4. The summed E-state index contributed by atoms with van der Waals surface area (Å²) in [5.41, 5.74) is 0. The Balaban J connectivity index is 2.09. The second-order valence-electron chi connectivity index (χ2n) is 15.9. The lowest BCUT2D eigenvalue weighted by Crippen LogP contribution is -2.67. The zero-order valence-corrected chi connectivity index (χ0v) is 37.0. The Morgan fingerprint density at radius 2 is 1.18 bits per heavy atom. The smallest absolute Gasteiger partial charge is 0.305 e. The zero-order valence-electron chi connectivity index (χ0n) is 34.0. The van der Waals surface area contributed by atoms with Gasteiger partial charge in [-0.15, -0.1) is 0 Å². The maximum Gasteiger partial charge on any atom is 0.305 e. The van der Waals surface area contributed by atoms with Crippen LogP contribution in [0.1, 0.15) is 101 Å². The van der Waals surface area contributed by atoms with Crippen molar-refractivity contribution in [1.29, 1.82) is 0 Å². The highest BCUT2D eigenvalue weighted by Gasteiger charge is 2.54. The van der Waals surface area contributed by atoms with Crippen molar-refractivity contribution in [2.45, 2.75) is 154 Å². The number of unbranched alkanes of at least 4 members (excludes halogenated alkanes) is 2. The first kappa shape index (κ1) is 43.6. The largest absolute Gasteiger partial charge is 0.469 e. The molecule has 0 N–H and O–H groups in total. The fraction of sp³-hybridized carbons (Fsp3) is 0.651. The second kappa shape index (κ2) is 20.6. The third-order valence-corrected chi connectivity index (χ3v) is 26.7. The van der Waals surface area contributed by atoms with Gasteiger partial charge in [-0.3, -0.25) is 4.79 Å². The first-order chi connectivity index (χ1) is 24.4. The average molecular weight is 753 g/mol. The van der Waals surface area contributed by atoms with Crippen molar-refractivity contribution in [3.63, 3.8) is 0 Å². The number of ether oxygens (including phenoxy) is 1. The number of benzene rings is 2. The highest BCUT2D eigenvalue weighted by Crippen LogP contribution is 2.45. The topological polar surface area (TPSA) is 54.0 Å². The quantitative estimate of drug-likeness (QED) is 0.0519. The molecule has 0 aliphatic heterocycles. The summed E-state index contributed by atoms with van der Waals surface area (Å²) in [5, 5.41) is 2.55. The fourth-order valence-corrected chi connectivity index (χ4v) is 19.0. The van der Waals surface area contributed by atoms with E-state index in [4.69, 9.17) is 18.0 Å². The van der Waals surface area contributed by atoms with Gasteiger partial charge in [-0.05, 0) is 89.7 Å². The van der Waals surface area contributed by atoms with Crippen LogP contribution >= 0.6 is 0 Å². The van der Waals surface area contributed by atoms with E-state index in [1.807, 2.05) is 0 Å². The molecule has 0 bridgehead atoms. The Kier molecular flexibility index (Phi) is 17.6. The summed E-state index contributed by atoms with van der Waals surface area (Å²) in [6.07, 6.45) is 10.2. The van der Waals surface area contributed by atoms with Gasteiger partial charge in [0.25, 0.3) is 8.32 Å². The van der Waals surface area contributed by atoms with E-state index in [0.717, 1.165) is 68.4 Å². The summed E-state index contributed by atoms with van der Waals surface area (Å²) >= 11 is 0. The highest BCUT2D eigenvalue weighted by atomic mass is 28.4. The Labute approximate surface area is 315 Å². The molecule has 1 saturated carbocycles. The van der Waals surface area contributed by atoms with Crippen LogP contribution in [0.15, 0.2) is 72.8 Å². The molecular weight excluding hydrogens is 681 g/mol. The van der Waals surface area contributed by atoms with Crippen LogP contribution < -0.4 is 10.4 Å². The van der Waals surface area contributed by atoms with Gasteiger partial charge < -0.3 is 18.0 Å². The minimum atomic E-state index is -2.75. The first-order valence-corrected chi connectivity index (χ1v) is 27.2. The van der Waals surface area contributed by atoms with E-state index >= 15 is 0 Å². The molecule has 1 fully saturated rings. The number of carbonyl (C=O) groups excluding carboxylic acids is 1. The molecule has 5 nitrogen and oxygen atoms in total. The van der Waals surface area contributed by atoms with Crippen LogP contribution in [-0.4, -0.2) is 56.8 Å². The molecule has 51 heavy (non-hydrogen) atoms. The van der Waals surface area contributed by atoms with Gasteiger partial charge in [-0.1, -0.05) is 135 Å². The van der Waals surface area contributed by atoms with Crippen LogP contribution in [0.2, 0.25) is 41.3 Å². The lowest BCUT2D eigenvalue weighted by molar-refractivity contribution is -0.140. The highest BCUT2D eigenvalue weighted by molar-refractivity contribution is 6.99. The van der Waals surface area contributed by atoms with Crippen LogP contribution in [0.3, 0.4) is 0 Å². The van der Waals surface area contributed by atoms with E-state index in [2.05, 4.69) is 135 Å². The molecule has 0 amide bonds. The number of allylic oxidation sites excluding steroid dienone is 2. The van der Waals surface area contributed by atoms with Crippen LogP contribution in [-0.2, 0) is 22.8 Å². The predicted molar refractivity (Wildman–Crippen MR) is 224 cm³/mol. The van der Waals surface area contributed by atoms with Crippen LogP contribution in [0.4, 0.5) is 0 Å². The molecule has 4 atom stereocenters. The maximum absolute atomic E-state index is 11.6. The molecule has 1 aliphatic carbocycles. The molecule has 2 aromatic rings. The van der Waals surface area contributed by atoms with Crippen molar-refractivity contribution >= 4 is 41.3 Å². The lowest BCUT2D eigenvalue weighted by Gasteiger charge is -2.44. The minimum Gasteiger partial charge on any atom is -0.469 e. The first-order valence-electron chi connectivity index (χ1n) is 20.3. The molecule has 286 valence electrons. The Morgan fingerprint density at radius 1 is 0.706 bits per heavy atom. The van der Waals surface area contributed by atoms with Crippen molar-refractivity contribution in [3.8, 4) is 0 Å². The third kappa shape index (κ3) is 10.9. The molecule has 0 aromatic heterocycles. The van der Waals surface area contributed by atoms with E-state index in [1.54, 1.807) is 0 Å². The number of hydrogen-bond donors (Lipinski definition) is 0. The number of hydrogen-bond acceptors (Lipinski definition) is 5. The van der Waals surface area contributed by atoms with Crippen molar-refractivity contribution in [3.05, 3.63) is 72.8 Å². The maximum atomic E-state index is 11.6. The van der Waals surface area contributed by atoms with E-state index in [-0.39, 0.29) is 29.1 Å². The predicted octanol–water partition coefficient (Wildman–Crippen LogP) is 10.7. The monoisotopic (exact) mass is 752 g/mol. The van der Waals surface area contributed by atoms with E-state index in [9.17, 15) is 4.79 Å². The average Bonchev–Trinajstić information content (AvgIpc) is 3.47. The molecule has 0 heterocycles. The Hall–Kier alpha value is -1.82. The van der Waals surface area contributed by atoms with E-state index in [0.29, 0.717) is 18.9 Å². The summed E-state index contributed by atoms with van der Waals surface area (Å²) < 4.78 is 27.6. The molecule has 0 unspecified atom stereocenters. The Bertz CT molecular complexity index is 1250. The molecule has 0 radical (unpaired) electrons. The van der Waals surface area contributed by atoms with Crippen LogP contribution in [0, 0.1) is 11.8 Å². The Morgan fingerprint density at radius 3 is 1.61 bits per heavy atom. The van der Waals surface area contributed by atoms with Gasteiger partial charge in [0.2, 0.25) is 0 Å². The molecule has 2 aromatic carbocycles. The van der Waals surface area contributed by atoms with Crippen LogP contribution in [0.5, 0.6) is 0 Å². The summed E-state index contributed by atoms with van der Waals surface area (Å²) in [5.74, 6) is 0.420. The molecule has 0 spiro atoms. The van der Waals surface area contributed by atoms with Crippen molar-refractivity contribution < 1.29 is 22.8 Å². The van der Waals surface area contributed by atoms with Gasteiger partial charge in [0, 0.05) is 18.9 Å². The van der Waals surface area contributed by atoms with Gasteiger partial charge >= 0.3 is 5.97 Å².